The van der Waals surface area contributed by atoms with E-state index in [9.17, 15) is 9.59 Å². The minimum Gasteiger partial charge on any atom is -0.493 e. The average Bonchev–Trinajstić information content (AvgIpc) is 3.20. The van der Waals surface area contributed by atoms with Crippen LogP contribution in [-0.4, -0.2) is 38.5 Å². The first-order chi connectivity index (χ1) is 14.5. The lowest BCUT2D eigenvalue weighted by Crippen LogP contribution is -2.31. The van der Waals surface area contributed by atoms with E-state index in [0.29, 0.717) is 28.7 Å². The quantitative estimate of drug-likeness (QED) is 0.663. The fraction of sp³-hybridized carbons (Fsp3) is 0.273. The number of methoxy groups -OCH3 is 1. The molecule has 8 nitrogen and oxygen atoms in total. The van der Waals surface area contributed by atoms with E-state index in [2.05, 4.69) is 5.32 Å². The van der Waals surface area contributed by atoms with E-state index in [0.717, 1.165) is 5.56 Å². The van der Waals surface area contributed by atoms with Crippen molar-refractivity contribution in [2.24, 2.45) is 0 Å². The van der Waals surface area contributed by atoms with Gasteiger partial charge in [-0.05, 0) is 43.7 Å². The zero-order valence-electron chi connectivity index (χ0n) is 17.0. The molecule has 0 aliphatic carbocycles. The third kappa shape index (κ3) is 5.22. The van der Waals surface area contributed by atoms with Crippen LogP contribution < -0.4 is 24.3 Å². The number of anilines is 1. The first kappa shape index (κ1) is 21.0. The second-order valence-corrected chi connectivity index (χ2v) is 6.39. The summed E-state index contributed by atoms with van der Waals surface area (Å²) in [7, 11) is 1.52. The Bertz CT molecular complexity index is 954. The van der Waals surface area contributed by atoms with E-state index in [4.69, 9.17) is 23.7 Å². The second-order valence-electron chi connectivity index (χ2n) is 6.39. The summed E-state index contributed by atoms with van der Waals surface area (Å²) in [6.45, 7) is 3.17. The van der Waals surface area contributed by atoms with Crippen molar-refractivity contribution in [3.05, 3.63) is 48.0 Å². The predicted molar refractivity (Wildman–Crippen MR) is 110 cm³/mol. The average molecular weight is 413 g/mol. The molecule has 8 heteroatoms. The number of ether oxygens (including phenoxy) is 5. The maximum Gasteiger partial charge on any atom is 0.344 e. The van der Waals surface area contributed by atoms with Crippen LogP contribution in [0.1, 0.15) is 19.4 Å². The summed E-state index contributed by atoms with van der Waals surface area (Å²) in [5.41, 5.74) is 1.45. The molecule has 3 rings (SSSR count). The number of allylic oxidation sites excluding steroid dienone is 1. The van der Waals surface area contributed by atoms with Crippen LogP contribution in [-0.2, 0) is 14.3 Å². The van der Waals surface area contributed by atoms with Crippen LogP contribution in [0, 0.1) is 0 Å². The minimum atomic E-state index is -1.01. The van der Waals surface area contributed by atoms with Crippen molar-refractivity contribution in [1.29, 1.82) is 0 Å². The zero-order valence-corrected chi connectivity index (χ0v) is 17.0. The van der Waals surface area contributed by atoms with Crippen LogP contribution in [0.4, 0.5) is 5.69 Å². The van der Waals surface area contributed by atoms with Crippen molar-refractivity contribution in [3.8, 4) is 23.0 Å². The number of benzene rings is 2. The zero-order chi connectivity index (χ0) is 21.5. The highest BCUT2D eigenvalue weighted by atomic mass is 16.7. The lowest BCUT2D eigenvalue weighted by molar-refractivity contribution is -0.155. The lowest BCUT2D eigenvalue weighted by Gasteiger charge is -2.15. The fourth-order valence-electron chi connectivity index (χ4n) is 2.74. The summed E-state index contributed by atoms with van der Waals surface area (Å²) in [4.78, 5) is 24.4. The highest BCUT2D eigenvalue weighted by Crippen LogP contribution is 2.34. The number of fused-ring (bicyclic) bond motifs is 1. The van der Waals surface area contributed by atoms with Gasteiger partial charge < -0.3 is 29.0 Å². The van der Waals surface area contributed by atoms with Gasteiger partial charge in [-0.25, -0.2) is 4.79 Å². The van der Waals surface area contributed by atoms with Crippen molar-refractivity contribution in [3.63, 3.8) is 0 Å². The highest BCUT2D eigenvalue weighted by Gasteiger charge is 2.20. The Morgan fingerprint density at radius 2 is 1.93 bits per heavy atom. The molecule has 1 N–H and O–H groups in total. The molecule has 0 saturated heterocycles. The number of hydrogen-bond acceptors (Lipinski definition) is 7. The second kappa shape index (κ2) is 9.69. The number of rotatable bonds is 8. The molecular formula is C22H23NO7. The van der Waals surface area contributed by atoms with E-state index in [1.54, 1.807) is 30.3 Å². The Kier molecular flexibility index (Phi) is 6.79. The van der Waals surface area contributed by atoms with Crippen LogP contribution in [0.5, 0.6) is 23.0 Å². The summed E-state index contributed by atoms with van der Waals surface area (Å²) < 4.78 is 26.4. The molecule has 0 fully saturated rings. The van der Waals surface area contributed by atoms with Crippen molar-refractivity contribution in [2.75, 3.05) is 25.8 Å². The Hall–Kier alpha value is -3.68. The fourth-order valence-corrected chi connectivity index (χ4v) is 2.74. The third-order valence-electron chi connectivity index (χ3n) is 4.21. The van der Waals surface area contributed by atoms with Crippen LogP contribution in [0.3, 0.4) is 0 Å². The molecule has 0 saturated carbocycles. The van der Waals surface area contributed by atoms with E-state index in [1.165, 1.54) is 14.0 Å². The standard InChI is InChI=1S/C22H23NO7/c1-4-5-15-6-8-17(19(10-15)26-3)27-12-21(24)30-14(2)22(25)23-16-7-9-18-20(11-16)29-13-28-18/h4-11,14H,12-13H2,1-3H3,(H,23,25)/b5-4+. The monoisotopic (exact) mass is 413 g/mol. The van der Waals surface area contributed by atoms with Gasteiger partial charge in [0.25, 0.3) is 5.91 Å². The van der Waals surface area contributed by atoms with Crippen LogP contribution in [0.25, 0.3) is 6.08 Å². The van der Waals surface area contributed by atoms with Gasteiger partial charge in [-0.2, -0.15) is 0 Å². The van der Waals surface area contributed by atoms with Gasteiger partial charge in [0.1, 0.15) is 0 Å². The Morgan fingerprint density at radius 3 is 2.70 bits per heavy atom. The largest absolute Gasteiger partial charge is 0.493 e. The molecule has 0 bridgehead atoms. The molecule has 1 aliphatic heterocycles. The summed E-state index contributed by atoms with van der Waals surface area (Å²) in [5, 5.41) is 2.67. The molecule has 2 aromatic rings. The molecule has 0 aromatic heterocycles. The SMILES string of the molecule is C/C=C/c1ccc(OCC(=O)OC(C)C(=O)Nc2ccc3c(c2)OCO3)c(OC)c1. The van der Waals surface area contributed by atoms with Gasteiger partial charge >= 0.3 is 5.97 Å². The Labute approximate surface area is 174 Å². The van der Waals surface area contributed by atoms with Gasteiger partial charge in [0, 0.05) is 11.8 Å². The Balaban J connectivity index is 1.51. The van der Waals surface area contributed by atoms with Gasteiger partial charge in [-0.15, -0.1) is 0 Å². The number of carbonyl (C=O) groups is 2. The number of amides is 1. The molecule has 0 radical (unpaired) electrons. The molecule has 30 heavy (non-hydrogen) atoms. The first-order valence-corrected chi connectivity index (χ1v) is 9.33. The van der Waals surface area contributed by atoms with Gasteiger partial charge in [0.2, 0.25) is 6.79 Å². The number of hydrogen-bond donors (Lipinski definition) is 1. The minimum absolute atomic E-state index is 0.142. The smallest absolute Gasteiger partial charge is 0.344 e. The summed E-state index contributed by atoms with van der Waals surface area (Å²) in [5.74, 6) is 0.893. The van der Waals surface area contributed by atoms with Crippen molar-refractivity contribution < 1.29 is 33.3 Å². The molecule has 1 unspecified atom stereocenters. The molecule has 1 atom stereocenters. The maximum atomic E-state index is 12.3. The number of carbonyl (C=O) groups excluding carboxylic acids is 2. The van der Waals surface area contributed by atoms with Gasteiger partial charge in [-0.3, -0.25) is 4.79 Å². The topological polar surface area (TPSA) is 92.3 Å². The van der Waals surface area contributed by atoms with Crippen molar-refractivity contribution in [2.45, 2.75) is 20.0 Å². The van der Waals surface area contributed by atoms with E-state index < -0.39 is 18.0 Å². The lowest BCUT2D eigenvalue weighted by atomic mass is 10.2. The van der Waals surface area contributed by atoms with Crippen LogP contribution in [0.15, 0.2) is 42.5 Å². The van der Waals surface area contributed by atoms with Crippen LogP contribution in [0.2, 0.25) is 0 Å². The summed E-state index contributed by atoms with van der Waals surface area (Å²) in [6, 6.07) is 10.3. The van der Waals surface area contributed by atoms with Crippen LogP contribution >= 0.6 is 0 Å². The molecule has 2 aromatic carbocycles. The summed E-state index contributed by atoms with van der Waals surface area (Å²) in [6.07, 6.45) is 2.81. The number of nitrogens with one attached hydrogen (secondary N) is 1. The summed E-state index contributed by atoms with van der Waals surface area (Å²) >= 11 is 0. The highest BCUT2D eigenvalue weighted by molar-refractivity contribution is 5.95. The third-order valence-corrected chi connectivity index (χ3v) is 4.21. The molecular weight excluding hydrogens is 390 g/mol. The Morgan fingerprint density at radius 1 is 1.13 bits per heavy atom. The van der Waals surface area contributed by atoms with Gasteiger partial charge in [0.15, 0.2) is 35.7 Å². The van der Waals surface area contributed by atoms with Gasteiger partial charge in [-0.1, -0.05) is 18.2 Å². The van der Waals surface area contributed by atoms with E-state index >= 15 is 0 Å². The molecule has 1 heterocycles. The van der Waals surface area contributed by atoms with E-state index in [-0.39, 0.29) is 13.4 Å². The van der Waals surface area contributed by atoms with E-state index in [1.807, 2.05) is 25.1 Å². The molecule has 1 amide bonds. The molecule has 158 valence electrons. The predicted octanol–water partition coefficient (Wildman–Crippen LogP) is 3.41. The van der Waals surface area contributed by atoms with Crippen molar-refractivity contribution >= 4 is 23.6 Å². The normalized spacial score (nSPS) is 13.0. The van der Waals surface area contributed by atoms with Gasteiger partial charge in [0.05, 0.1) is 7.11 Å². The molecule has 0 spiro atoms. The number of esters is 1. The maximum absolute atomic E-state index is 12.3. The molecule has 1 aliphatic rings. The first-order valence-electron chi connectivity index (χ1n) is 9.33. The van der Waals surface area contributed by atoms with Crippen molar-refractivity contribution in [1.82, 2.24) is 0 Å².